The summed E-state index contributed by atoms with van der Waals surface area (Å²) < 4.78 is 27.6. The quantitative estimate of drug-likeness (QED) is 0.792. The second-order valence-electron chi connectivity index (χ2n) is 4.64. The molecule has 0 aliphatic carbocycles. The van der Waals surface area contributed by atoms with Crippen LogP contribution in [0.25, 0.3) is 0 Å². The number of furan rings is 1. The van der Waals surface area contributed by atoms with E-state index in [1.54, 1.807) is 18.4 Å². The summed E-state index contributed by atoms with van der Waals surface area (Å²) in [6.45, 7) is 3.48. The van der Waals surface area contributed by atoms with Gasteiger partial charge in [-0.3, -0.25) is 0 Å². The van der Waals surface area contributed by atoms with Crippen LogP contribution in [-0.4, -0.2) is 15.0 Å². The van der Waals surface area contributed by atoms with Crippen molar-refractivity contribution in [3.63, 3.8) is 0 Å². The maximum absolute atomic E-state index is 11.1. The zero-order chi connectivity index (χ0) is 14.6. The molecule has 6 heteroatoms. The Balaban J connectivity index is 1.81. The standard InChI is InChI=1S/C14H18N2O3S/c1-11-7-9-19-14(11)10-16-8-6-12-2-4-13(5-3-12)20(15,17)18/h2-5,7,9,16H,6,8,10H2,1H3,(H2,15,17,18). The van der Waals surface area contributed by atoms with Crippen molar-refractivity contribution in [1.82, 2.24) is 5.32 Å². The van der Waals surface area contributed by atoms with Gasteiger partial charge in [-0.2, -0.15) is 0 Å². The lowest BCUT2D eigenvalue weighted by Gasteiger charge is -2.05. The fraction of sp³-hybridized carbons (Fsp3) is 0.286. The first-order chi connectivity index (χ1) is 9.47. The molecule has 0 unspecified atom stereocenters. The van der Waals surface area contributed by atoms with Gasteiger partial charge in [-0.1, -0.05) is 12.1 Å². The summed E-state index contributed by atoms with van der Waals surface area (Å²) in [5, 5.41) is 8.33. The van der Waals surface area contributed by atoms with E-state index in [2.05, 4.69) is 5.32 Å². The van der Waals surface area contributed by atoms with E-state index in [0.717, 1.165) is 29.9 Å². The third-order valence-electron chi connectivity index (χ3n) is 3.10. The molecular weight excluding hydrogens is 276 g/mol. The Morgan fingerprint density at radius 1 is 1.20 bits per heavy atom. The van der Waals surface area contributed by atoms with Crippen LogP contribution < -0.4 is 10.5 Å². The second-order valence-corrected chi connectivity index (χ2v) is 6.20. The normalized spacial score (nSPS) is 11.7. The summed E-state index contributed by atoms with van der Waals surface area (Å²) in [5.74, 6) is 0.939. The van der Waals surface area contributed by atoms with Crippen LogP contribution in [-0.2, 0) is 23.0 Å². The first-order valence-corrected chi connectivity index (χ1v) is 7.87. The Morgan fingerprint density at radius 2 is 1.90 bits per heavy atom. The number of primary sulfonamides is 1. The molecule has 0 saturated carbocycles. The largest absolute Gasteiger partial charge is 0.468 e. The summed E-state index contributed by atoms with van der Waals surface area (Å²) in [6, 6.07) is 8.55. The molecule has 2 rings (SSSR count). The van der Waals surface area contributed by atoms with Crippen LogP contribution in [0.3, 0.4) is 0 Å². The van der Waals surface area contributed by atoms with Crippen molar-refractivity contribution in [2.75, 3.05) is 6.54 Å². The molecular formula is C14H18N2O3S. The molecule has 1 aromatic heterocycles. The molecule has 0 atom stereocenters. The van der Waals surface area contributed by atoms with Gasteiger partial charge in [0, 0.05) is 0 Å². The number of aryl methyl sites for hydroxylation is 1. The third-order valence-corrected chi connectivity index (χ3v) is 4.03. The van der Waals surface area contributed by atoms with Crippen molar-refractivity contribution in [1.29, 1.82) is 0 Å². The SMILES string of the molecule is Cc1ccoc1CNCCc1ccc(S(N)(=O)=O)cc1. The molecule has 3 N–H and O–H groups in total. The van der Waals surface area contributed by atoms with E-state index >= 15 is 0 Å². The van der Waals surface area contributed by atoms with E-state index in [0.29, 0.717) is 6.54 Å². The number of hydrogen-bond acceptors (Lipinski definition) is 4. The predicted octanol–water partition coefficient (Wildman–Crippen LogP) is 1.57. The van der Waals surface area contributed by atoms with Crippen LogP contribution in [0.4, 0.5) is 0 Å². The lowest BCUT2D eigenvalue weighted by Crippen LogP contribution is -2.17. The average molecular weight is 294 g/mol. The van der Waals surface area contributed by atoms with Crippen LogP contribution in [0.5, 0.6) is 0 Å². The highest BCUT2D eigenvalue weighted by Gasteiger charge is 2.06. The van der Waals surface area contributed by atoms with Gasteiger partial charge < -0.3 is 9.73 Å². The molecule has 0 fully saturated rings. The highest BCUT2D eigenvalue weighted by atomic mass is 32.2. The molecule has 2 aromatic rings. The second kappa shape index (κ2) is 6.21. The minimum absolute atomic E-state index is 0.139. The van der Waals surface area contributed by atoms with Crippen molar-refractivity contribution < 1.29 is 12.8 Å². The third kappa shape index (κ3) is 3.93. The van der Waals surface area contributed by atoms with Gasteiger partial charge in [-0.25, -0.2) is 13.6 Å². The number of sulfonamides is 1. The van der Waals surface area contributed by atoms with E-state index < -0.39 is 10.0 Å². The fourth-order valence-electron chi connectivity index (χ4n) is 1.87. The highest BCUT2D eigenvalue weighted by molar-refractivity contribution is 7.89. The van der Waals surface area contributed by atoms with E-state index in [1.807, 2.05) is 13.0 Å². The highest BCUT2D eigenvalue weighted by Crippen LogP contribution is 2.10. The van der Waals surface area contributed by atoms with E-state index in [-0.39, 0.29) is 4.90 Å². The monoisotopic (exact) mass is 294 g/mol. The van der Waals surface area contributed by atoms with Crippen molar-refractivity contribution >= 4 is 10.0 Å². The smallest absolute Gasteiger partial charge is 0.238 e. The Hall–Kier alpha value is -1.63. The van der Waals surface area contributed by atoms with Crippen LogP contribution in [0.2, 0.25) is 0 Å². The van der Waals surface area contributed by atoms with E-state index in [9.17, 15) is 8.42 Å². The topological polar surface area (TPSA) is 85.3 Å². The molecule has 1 aromatic carbocycles. The van der Waals surface area contributed by atoms with E-state index in [1.165, 1.54) is 12.1 Å². The van der Waals surface area contributed by atoms with Gasteiger partial charge in [0.1, 0.15) is 5.76 Å². The molecule has 0 aliphatic heterocycles. The Kier molecular flexibility index (Phi) is 4.59. The van der Waals surface area contributed by atoms with Gasteiger partial charge in [0.2, 0.25) is 10.0 Å². The van der Waals surface area contributed by atoms with Gasteiger partial charge in [0.05, 0.1) is 17.7 Å². The van der Waals surface area contributed by atoms with Crippen molar-refractivity contribution in [2.45, 2.75) is 24.8 Å². The lowest BCUT2D eigenvalue weighted by molar-refractivity contribution is 0.481. The molecule has 108 valence electrons. The summed E-state index contributed by atoms with van der Waals surface area (Å²) in [7, 11) is -3.61. The number of nitrogens with two attached hydrogens (primary N) is 1. The lowest BCUT2D eigenvalue weighted by atomic mass is 10.1. The summed E-state index contributed by atoms with van der Waals surface area (Å²) in [4.78, 5) is 0.139. The first-order valence-electron chi connectivity index (χ1n) is 6.32. The molecule has 1 heterocycles. The Labute approximate surface area is 118 Å². The average Bonchev–Trinajstić information content (AvgIpc) is 2.80. The number of rotatable bonds is 6. The predicted molar refractivity (Wildman–Crippen MR) is 76.7 cm³/mol. The summed E-state index contributed by atoms with van der Waals surface area (Å²) >= 11 is 0. The molecule has 0 saturated heterocycles. The molecule has 0 bridgehead atoms. The zero-order valence-corrected chi connectivity index (χ0v) is 12.1. The Bertz CT molecular complexity index is 660. The molecule has 0 aliphatic rings. The summed E-state index contributed by atoms with van der Waals surface area (Å²) in [6.07, 6.45) is 2.49. The van der Waals surface area contributed by atoms with Crippen molar-refractivity contribution in [3.8, 4) is 0 Å². The minimum Gasteiger partial charge on any atom is -0.468 e. The molecule has 5 nitrogen and oxygen atoms in total. The first kappa shape index (κ1) is 14.8. The number of nitrogens with one attached hydrogen (secondary N) is 1. The van der Waals surface area contributed by atoms with Crippen LogP contribution in [0, 0.1) is 6.92 Å². The van der Waals surface area contributed by atoms with Gasteiger partial charge >= 0.3 is 0 Å². The van der Waals surface area contributed by atoms with Crippen LogP contribution in [0.1, 0.15) is 16.9 Å². The maximum Gasteiger partial charge on any atom is 0.238 e. The maximum atomic E-state index is 11.1. The number of benzene rings is 1. The molecule has 20 heavy (non-hydrogen) atoms. The van der Waals surface area contributed by atoms with Gasteiger partial charge in [0.15, 0.2) is 0 Å². The molecule has 0 spiro atoms. The van der Waals surface area contributed by atoms with Crippen LogP contribution >= 0.6 is 0 Å². The fourth-order valence-corrected chi connectivity index (χ4v) is 2.38. The number of hydrogen-bond donors (Lipinski definition) is 2. The Morgan fingerprint density at radius 3 is 2.45 bits per heavy atom. The summed E-state index contributed by atoms with van der Waals surface area (Å²) in [5.41, 5.74) is 2.19. The molecule has 0 radical (unpaired) electrons. The van der Waals surface area contributed by atoms with E-state index in [4.69, 9.17) is 9.56 Å². The van der Waals surface area contributed by atoms with Crippen molar-refractivity contribution in [3.05, 3.63) is 53.5 Å². The van der Waals surface area contributed by atoms with Crippen molar-refractivity contribution in [2.24, 2.45) is 5.14 Å². The van der Waals surface area contributed by atoms with Crippen LogP contribution in [0.15, 0.2) is 45.9 Å². The zero-order valence-electron chi connectivity index (χ0n) is 11.3. The van der Waals surface area contributed by atoms with Gasteiger partial charge in [-0.15, -0.1) is 0 Å². The molecule has 0 amide bonds. The van der Waals surface area contributed by atoms with Gasteiger partial charge in [0.25, 0.3) is 0 Å². The van der Waals surface area contributed by atoms with Gasteiger partial charge in [-0.05, 0) is 49.2 Å². The minimum atomic E-state index is -3.61.